The smallest absolute Gasteiger partial charge is 0.254 e. The molecule has 0 saturated carbocycles. The summed E-state index contributed by atoms with van der Waals surface area (Å²) in [7, 11) is 0. The number of rotatable bonds is 5. The van der Waals surface area contributed by atoms with Gasteiger partial charge in [0.2, 0.25) is 0 Å². The summed E-state index contributed by atoms with van der Waals surface area (Å²) in [4.78, 5) is 12.0. The maximum atomic E-state index is 13.5. The Labute approximate surface area is 106 Å². The molecule has 4 N–H and O–H groups in total. The monoisotopic (exact) mass is 254 g/mol. The fourth-order valence-electron chi connectivity index (χ4n) is 1.68. The number of nitrogens with one attached hydrogen (secondary N) is 1. The molecule has 1 amide bonds. The van der Waals surface area contributed by atoms with Crippen molar-refractivity contribution in [3.63, 3.8) is 0 Å². The van der Waals surface area contributed by atoms with E-state index in [-0.39, 0.29) is 11.3 Å². The fraction of sp³-hybridized carbons (Fsp3) is 0.462. The Morgan fingerprint density at radius 3 is 2.72 bits per heavy atom. The molecule has 0 saturated heterocycles. The molecule has 0 aliphatic carbocycles. The highest BCUT2D eigenvalue weighted by atomic mass is 19.1. The third kappa shape index (κ3) is 3.43. The molecule has 100 valence electrons. The second kappa shape index (κ2) is 5.82. The van der Waals surface area contributed by atoms with E-state index in [4.69, 9.17) is 10.8 Å². The van der Waals surface area contributed by atoms with E-state index in [0.29, 0.717) is 19.4 Å². The van der Waals surface area contributed by atoms with Crippen molar-refractivity contribution in [2.45, 2.75) is 32.2 Å². The highest BCUT2D eigenvalue weighted by molar-refractivity contribution is 5.95. The van der Waals surface area contributed by atoms with Gasteiger partial charge in [0, 0.05) is 11.6 Å². The van der Waals surface area contributed by atoms with Crippen molar-refractivity contribution in [2.24, 2.45) is 5.73 Å². The van der Waals surface area contributed by atoms with E-state index in [1.165, 1.54) is 12.1 Å². The van der Waals surface area contributed by atoms with Crippen molar-refractivity contribution in [3.05, 3.63) is 29.6 Å². The maximum Gasteiger partial charge on any atom is 0.254 e. The minimum absolute atomic E-state index is 0.0792. The maximum absolute atomic E-state index is 13.5. The number of hydrogen-bond acceptors (Lipinski definition) is 3. The Bertz CT molecular complexity index is 437. The number of amides is 1. The van der Waals surface area contributed by atoms with E-state index < -0.39 is 17.3 Å². The number of phenolic OH excluding ortho intramolecular Hbond substituents is 1. The van der Waals surface area contributed by atoms with Crippen molar-refractivity contribution in [1.82, 2.24) is 5.32 Å². The van der Waals surface area contributed by atoms with Gasteiger partial charge in [0.25, 0.3) is 5.91 Å². The van der Waals surface area contributed by atoms with Crippen LogP contribution in [0, 0.1) is 5.82 Å². The van der Waals surface area contributed by atoms with Crippen LogP contribution in [-0.4, -0.2) is 23.1 Å². The number of aromatic hydroxyl groups is 1. The van der Waals surface area contributed by atoms with Crippen LogP contribution in [0.5, 0.6) is 5.75 Å². The molecule has 1 aromatic carbocycles. The summed E-state index contributed by atoms with van der Waals surface area (Å²) in [6, 6.07) is 3.46. The zero-order valence-corrected chi connectivity index (χ0v) is 10.7. The molecule has 0 heterocycles. The molecule has 0 aliphatic heterocycles. The van der Waals surface area contributed by atoms with Gasteiger partial charge in [0.1, 0.15) is 11.6 Å². The van der Waals surface area contributed by atoms with Gasteiger partial charge in [0.15, 0.2) is 0 Å². The Kier molecular flexibility index (Phi) is 4.67. The van der Waals surface area contributed by atoms with Gasteiger partial charge in [-0.2, -0.15) is 0 Å². The van der Waals surface area contributed by atoms with E-state index in [2.05, 4.69) is 5.32 Å². The largest absolute Gasteiger partial charge is 0.508 e. The van der Waals surface area contributed by atoms with E-state index in [1.54, 1.807) is 0 Å². The van der Waals surface area contributed by atoms with E-state index >= 15 is 0 Å². The Hall–Kier alpha value is -1.62. The third-order valence-electron chi connectivity index (χ3n) is 3.09. The first-order chi connectivity index (χ1) is 8.41. The van der Waals surface area contributed by atoms with Gasteiger partial charge in [-0.05, 0) is 38.4 Å². The molecule has 0 bridgehead atoms. The van der Waals surface area contributed by atoms with Gasteiger partial charge in [0.05, 0.1) is 5.56 Å². The van der Waals surface area contributed by atoms with Crippen molar-refractivity contribution in [3.8, 4) is 5.75 Å². The molecule has 0 spiro atoms. The highest BCUT2D eigenvalue weighted by Gasteiger charge is 2.25. The second-order valence-electron chi connectivity index (χ2n) is 4.57. The standard InChI is InChI=1S/C13H19FN2O2/c1-3-13(2,6-7-15)16-12(18)10-5-4-9(17)8-11(10)14/h4-5,8,17H,3,6-7,15H2,1-2H3,(H,16,18). The zero-order chi connectivity index (χ0) is 13.8. The molecule has 1 aromatic rings. The topological polar surface area (TPSA) is 75.3 Å². The van der Waals surface area contributed by atoms with Crippen LogP contribution in [0.4, 0.5) is 4.39 Å². The Balaban J connectivity index is 2.87. The van der Waals surface area contributed by atoms with Crippen molar-refractivity contribution in [1.29, 1.82) is 0 Å². The van der Waals surface area contributed by atoms with Crippen molar-refractivity contribution in [2.75, 3.05) is 6.54 Å². The third-order valence-corrected chi connectivity index (χ3v) is 3.09. The van der Waals surface area contributed by atoms with Crippen LogP contribution in [0.2, 0.25) is 0 Å². The summed E-state index contributed by atoms with van der Waals surface area (Å²) in [6.07, 6.45) is 1.32. The number of phenols is 1. The van der Waals surface area contributed by atoms with Gasteiger partial charge in [-0.15, -0.1) is 0 Å². The molecule has 1 atom stereocenters. The van der Waals surface area contributed by atoms with Gasteiger partial charge in [-0.25, -0.2) is 4.39 Å². The van der Waals surface area contributed by atoms with Crippen LogP contribution in [0.15, 0.2) is 18.2 Å². The SMILES string of the molecule is CCC(C)(CCN)NC(=O)c1ccc(O)cc1F. The van der Waals surface area contributed by atoms with Crippen LogP contribution < -0.4 is 11.1 Å². The minimum atomic E-state index is -0.737. The van der Waals surface area contributed by atoms with Crippen LogP contribution in [0.3, 0.4) is 0 Å². The average molecular weight is 254 g/mol. The normalized spacial score (nSPS) is 14.0. The molecule has 1 rings (SSSR count). The molecular formula is C13H19FN2O2. The molecule has 4 nitrogen and oxygen atoms in total. The fourth-order valence-corrected chi connectivity index (χ4v) is 1.68. The summed E-state index contributed by atoms with van der Waals surface area (Å²) in [5, 5.41) is 11.9. The molecule has 1 unspecified atom stereocenters. The zero-order valence-electron chi connectivity index (χ0n) is 10.7. The lowest BCUT2D eigenvalue weighted by Gasteiger charge is -2.29. The Morgan fingerprint density at radius 2 is 2.22 bits per heavy atom. The number of halogens is 1. The Morgan fingerprint density at radius 1 is 1.56 bits per heavy atom. The molecular weight excluding hydrogens is 235 g/mol. The van der Waals surface area contributed by atoms with Crippen LogP contribution in [-0.2, 0) is 0 Å². The van der Waals surface area contributed by atoms with Crippen LogP contribution in [0.25, 0.3) is 0 Å². The molecule has 0 fully saturated rings. The summed E-state index contributed by atoms with van der Waals surface area (Å²) in [6.45, 7) is 4.25. The first kappa shape index (κ1) is 14.4. The number of hydrogen-bond donors (Lipinski definition) is 3. The van der Waals surface area contributed by atoms with Gasteiger partial charge in [-0.3, -0.25) is 4.79 Å². The minimum Gasteiger partial charge on any atom is -0.508 e. The summed E-state index contributed by atoms with van der Waals surface area (Å²) in [5.74, 6) is -1.44. The predicted molar refractivity (Wildman–Crippen MR) is 67.9 cm³/mol. The highest BCUT2D eigenvalue weighted by Crippen LogP contribution is 2.18. The second-order valence-corrected chi connectivity index (χ2v) is 4.57. The summed E-state index contributed by atoms with van der Waals surface area (Å²) < 4.78 is 13.5. The van der Waals surface area contributed by atoms with E-state index in [9.17, 15) is 9.18 Å². The summed E-state index contributed by atoms with van der Waals surface area (Å²) >= 11 is 0. The lowest BCUT2D eigenvalue weighted by Crippen LogP contribution is -2.47. The van der Waals surface area contributed by atoms with Gasteiger partial charge >= 0.3 is 0 Å². The van der Waals surface area contributed by atoms with Crippen LogP contribution >= 0.6 is 0 Å². The average Bonchev–Trinajstić information content (AvgIpc) is 2.28. The quantitative estimate of drug-likeness (QED) is 0.749. The lowest BCUT2D eigenvalue weighted by molar-refractivity contribution is 0.0896. The molecule has 0 radical (unpaired) electrons. The number of carbonyl (C=O) groups excluding carboxylic acids is 1. The first-order valence-electron chi connectivity index (χ1n) is 5.93. The number of nitrogens with two attached hydrogens (primary N) is 1. The molecule has 18 heavy (non-hydrogen) atoms. The van der Waals surface area contributed by atoms with Crippen LogP contribution in [0.1, 0.15) is 37.0 Å². The van der Waals surface area contributed by atoms with E-state index in [1.807, 2.05) is 13.8 Å². The van der Waals surface area contributed by atoms with Crippen molar-refractivity contribution < 1.29 is 14.3 Å². The first-order valence-corrected chi connectivity index (χ1v) is 5.93. The molecule has 0 aromatic heterocycles. The molecule has 0 aliphatic rings. The van der Waals surface area contributed by atoms with Gasteiger partial charge in [-0.1, -0.05) is 6.92 Å². The summed E-state index contributed by atoms with van der Waals surface area (Å²) in [5.41, 5.74) is 4.97. The predicted octanol–water partition coefficient (Wildman–Crippen LogP) is 1.78. The van der Waals surface area contributed by atoms with E-state index in [0.717, 1.165) is 6.07 Å². The number of benzene rings is 1. The van der Waals surface area contributed by atoms with Gasteiger partial charge < -0.3 is 16.2 Å². The molecule has 5 heteroatoms. The lowest BCUT2D eigenvalue weighted by atomic mass is 9.94. The van der Waals surface area contributed by atoms with Crippen molar-refractivity contribution >= 4 is 5.91 Å². The number of carbonyl (C=O) groups is 1.